The Morgan fingerprint density at radius 3 is 2.14 bits per heavy atom. The van der Waals surface area contributed by atoms with Crippen molar-refractivity contribution in [1.29, 1.82) is 0 Å². The molecule has 190 valence electrons. The fourth-order valence-electron chi connectivity index (χ4n) is 3.57. The lowest BCUT2D eigenvalue weighted by Gasteiger charge is -2.25. The lowest BCUT2D eigenvalue weighted by molar-refractivity contribution is -0.151. The maximum atomic E-state index is 11.1. The van der Waals surface area contributed by atoms with Gasteiger partial charge in [0.25, 0.3) is 0 Å². The number of hydrogen-bond donors (Lipinski definition) is 6. The second-order valence-electron chi connectivity index (χ2n) is 7.88. The van der Waals surface area contributed by atoms with Crippen molar-refractivity contribution in [2.45, 2.75) is 19.0 Å². The minimum atomic E-state index is -1.76. The summed E-state index contributed by atoms with van der Waals surface area (Å²) in [5.41, 5.74) is 1.22. The van der Waals surface area contributed by atoms with E-state index in [1.54, 1.807) is 18.3 Å². The highest BCUT2D eigenvalue weighted by Crippen LogP contribution is 2.23. The van der Waals surface area contributed by atoms with E-state index >= 15 is 0 Å². The second kappa shape index (κ2) is 13.2. The number of carboxylic acid groups (broad SMARTS) is 4. The maximum absolute atomic E-state index is 11.1. The average Bonchev–Trinajstić information content (AvgIpc) is 2.75. The summed E-state index contributed by atoms with van der Waals surface area (Å²) < 4.78 is 0. The summed E-state index contributed by atoms with van der Waals surface area (Å²) in [6.07, 6.45) is 1.99. The molecule has 35 heavy (non-hydrogen) atoms. The van der Waals surface area contributed by atoms with Gasteiger partial charge in [-0.2, -0.15) is 0 Å². The van der Waals surface area contributed by atoms with Crippen molar-refractivity contribution >= 4 is 34.8 Å². The minimum Gasteiger partial charge on any atom is -0.506 e. The first-order valence-electron chi connectivity index (χ1n) is 10.7. The number of pyridine rings is 1. The van der Waals surface area contributed by atoms with Gasteiger partial charge in [0.05, 0.1) is 13.1 Å². The summed E-state index contributed by atoms with van der Waals surface area (Å²) in [7, 11) is 0. The molecule has 0 aliphatic heterocycles. The molecule has 6 N–H and O–H groups in total. The van der Waals surface area contributed by atoms with Crippen molar-refractivity contribution in [1.82, 2.24) is 20.1 Å². The van der Waals surface area contributed by atoms with Gasteiger partial charge in [-0.15, -0.1) is 0 Å². The van der Waals surface area contributed by atoms with Crippen LogP contribution in [0.5, 0.6) is 5.75 Å². The van der Waals surface area contributed by atoms with Crippen LogP contribution in [0.25, 0.3) is 10.9 Å². The van der Waals surface area contributed by atoms with Crippen molar-refractivity contribution in [2.75, 3.05) is 39.3 Å². The normalized spacial score (nSPS) is 11.4. The molecule has 0 radical (unpaired) electrons. The minimum absolute atomic E-state index is 0.0407. The lowest BCUT2D eigenvalue weighted by Crippen LogP contribution is -2.46. The number of hydrogen-bond acceptors (Lipinski definition) is 9. The van der Waals surface area contributed by atoms with E-state index in [9.17, 15) is 24.3 Å². The van der Waals surface area contributed by atoms with E-state index < -0.39 is 43.0 Å². The summed E-state index contributed by atoms with van der Waals surface area (Å²) in [4.78, 5) is 51.6. The van der Waals surface area contributed by atoms with E-state index in [1.165, 1.54) is 11.0 Å². The predicted octanol–water partition coefficient (Wildman–Crippen LogP) is -0.269. The van der Waals surface area contributed by atoms with Gasteiger partial charge in [-0.3, -0.25) is 29.7 Å². The lowest BCUT2D eigenvalue weighted by atomic mass is 10.1. The number of fused-ring (bicyclic) bond motifs is 1. The zero-order valence-electron chi connectivity index (χ0n) is 18.8. The zero-order valence-corrected chi connectivity index (χ0v) is 18.8. The Balaban J connectivity index is 2.09. The molecular formula is C22H28N4O9. The number of carbonyl (C=O) groups is 4. The molecule has 1 aromatic carbocycles. The molecule has 0 saturated heterocycles. The van der Waals surface area contributed by atoms with E-state index in [1.807, 2.05) is 11.0 Å². The Morgan fingerprint density at radius 2 is 1.54 bits per heavy atom. The molecule has 0 spiro atoms. The van der Waals surface area contributed by atoms with Crippen molar-refractivity contribution in [2.24, 2.45) is 0 Å². The number of aliphatic carboxylic acids is 4. The average molecular weight is 492 g/mol. The predicted molar refractivity (Wildman–Crippen MR) is 122 cm³/mol. The SMILES string of the molecule is O=C(O)CN(CCCN(CCNC(C(=O)O)C(=O)O)Cc1cnc2c(O)cccc2c1)CC(=O)O. The molecule has 0 bridgehead atoms. The smallest absolute Gasteiger partial charge is 0.332 e. The maximum Gasteiger partial charge on any atom is 0.332 e. The molecule has 0 unspecified atom stereocenters. The second-order valence-corrected chi connectivity index (χ2v) is 7.88. The number of aromatic nitrogens is 1. The molecule has 0 amide bonds. The van der Waals surface area contributed by atoms with Gasteiger partial charge in [0.1, 0.15) is 11.3 Å². The summed E-state index contributed by atoms with van der Waals surface area (Å²) >= 11 is 0. The molecule has 0 atom stereocenters. The molecule has 2 rings (SSSR count). The van der Waals surface area contributed by atoms with Gasteiger partial charge in [0.2, 0.25) is 6.04 Å². The number of phenolic OH excluding ortho intramolecular Hbond substituents is 1. The van der Waals surface area contributed by atoms with E-state index in [2.05, 4.69) is 10.3 Å². The van der Waals surface area contributed by atoms with E-state index in [4.69, 9.17) is 20.4 Å². The summed E-state index contributed by atoms with van der Waals surface area (Å²) in [6, 6.07) is 5.07. The van der Waals surface area contributed by atoms with Crippen molar-refractivity contribution < 1.29 is 44.7 Å². The Morgan fingerprint density at radius 1 is 0.914 bits per heavy atom. The highest BCUT2D eigenvalue weighted by Gasteiger charge is 2.25. The van der Waals surface area contributed by atoms with Crippen LogP contribution in [0.15, 0.2) is 30.5 Å². The van der Waals surface area contributed by atoms with E-state index in [-0.39, 0.29) is 25.4 Å². The molecule has 0 aliphatic rings. The molecule has 1 heterocycles. The summed E-state index contributed by atoms with van der Waals surface area (Å²) in [5, 5.41) is 49.1. The Hall–Kier alpha value is -3.81. The zero-order chi connectivity index (χ0) is 26.0. The fraction of sp³-hybridized carbons (Fsp3) is 0.409. The van der Waals surface area contributed by atoms with Gasteiger partial charge >= 0.3 is 23.9 Å². The molecule has 2 aromatic rings. The number of nitrogens with one attached hydrogen (secondary N) is 1. The van der Waals surface area contributed by atoms with E-state index in [0.717, 1.165) is 5.56 Å². The highest BCUT2D eigenvalue weighted by molar-refractivity contribution is 5.97. The van der Waals surface area contributed by atoms with E-state index in [0.29, 0.717) is 30.4 Å². The third-order valence-electron chi connectivity index (χ3n) is 5.09. The quantitative estimate of drug-likeness (QED) is 0.167. The first-order valence-corrected chi connectivity index (χ1v) is 10.7. The largest absolute Gasteiger partial charge is 0.506 e. The van der Waals surface area contributed by atoms with Crippen LogP contribution in [0.2, 0.25) is 0 Å². The van der Waals surface area contributed by atoms with Gasteiger partial charge in [0, 0.05) is 37.8 Å². The number of carboxylic acids is 4. The van der Waals surface area contributed by atoms with Crippen molar-refractivity contribution in [3.8, 4) is 5.75 Å². The number of phenols is 1. The number of nitrogens with zero attached hydrogens (tertiary/aromatic N) is 3. The number of para-hydroxylation sites is 1. The molecule has 1 aromatic heterocycles. The fourth-order valence-corrected chi connectivity index (χ4v) is 3.57. The summed E-state index contributed by atoms with van der Waals surface area (Å²) in [6.45, 7) is 0.379. The van der Waals surface area contributed by atoms with Crippen molar-refractivity contribution in [3.05, 3.63) is 36.0 Å². The van der Waals surface area contributed by atoms with Crippen LogP contribution in [-0.2, 0) is 25.7 Å². The molecule has 13 heteroatoms. The number of aromatic hydroxyl groups is 1. The topological polar surface area (TPSA) is 201 Å². The van der Waals surface area contributed by atoms with Gasteiger partial charge in [-0.25, -0.2) is 9.59 Å². The third kappa shape index (κ3) is 9.16. The van der Waals surface area contributed by atoms with Crippen LogP contribution >= 0.6 is 0 Å². The molecule has 0 aliphatic carbocycles. The molecule has 0 saturated carbocycles. The van der Waals surface area contributed by atoms with Gasteiger partial charge < -0.3 is 25.5 Å². The highest BCUT2D eigenvalue weighted by atomic mass is 16.4. The molecule has 0 fully saturated rings. The first kappa shape index (κ1) is 27.4. The standard InChI is InChI=1S/C22H28N4O9/c27-16-4-1-3-15-9-14(10-24-19(15)16)11-25(8-5-23-20(21(32)33)22(34)35)6-2-7-26(12-17(28)29)13-18(30)31/h1,3-4,9-10,20,23,27H,2,5-8,11-13H2,(H,28,29)(H,30,31)(H,32,33)(H,34,35). The van der Waals surface area contributed by atoms with Crippen LogP contribution in [-0.4, -0.2) is 110 Å². The van der Waals surface area contributed by atoms with Crippen LogP contribution in [0.3, 0.4) is 0 Å². The summed E-state index contributed by atoms with van der Waals surface area (Å²) in [5.74, 6) is -5.28. The Bertz CT molecular complexity index is 1030. The van der Waals surface area contributed by atoms with Crippen LogP contribution in [0.1, 0.15) is 12.0 Å². The molecular weight excluding hydrogens is 464 g/mol. The first-order chi connectivity index (χ1) is 16.6. The van der Waals surface area contributed by atoms with Gasteiger partial charge in [0.15, 0.2) is 0 Å². The van der Waals surface area contributed by atoms with Crippen LogP contribution in [0.4, 0.5) is 0 Å². The Kier molecular flexibility index (Phi) is 10.3. The van der Waals surface area contributed by atoms with Gasteiger partial charge in [-0.05, 0) is 30.7 Å². The third-order valence-corrected chi connectivity index (χ3v) is 5.09. The van der Waals surface area contributed by atoms with Crippen molar-refractivity contribution in [3.63, 3.8) is 0 Å². The van der Waals surface area contributed by atoms with Gasteiger partial charge in [-0.1, -0.05) is 12.1 Å². The van der Waals surface area contributed by atoms with Crippen LogP contribution in [0, 0.1) is 0 Å². The number of benzene rings is 1. The molecule has 13 nitrogen and oxygen atoms in total. The van der Waals surface area contributed by atoms with Crippen LogP contribution < -0.4 is 5.32 Å². The number of rotatable bonds is 16. The monoisotopic (exact) mass is 492 g/mol. The Labute approximate surface area is 200 Å².